The lowest BCUT2D eigenvalue weighted by molar-refractivity contribution is 0.616. The summed E-state index contributed by atoms with van der Waals surface area (Å²) in [5.74, 6) is 0. The van der Waals surface area contributed by atoms with E-state index in [0.29, 0.717) is 6.04 Å². The van der Waals surface area contributed by atoms with Crippen molar-refractivity contribution >= 4 is 26.8 Å². The Balaban J connectivity index is 2.01. The number of rotatable bonds is 4. The van der Waals surface area contributed by atoms with Crippen LogP contribution in [0.3, 0.4) is 0 Å². The summed E-state index contributed by atoms with van der Waals surface area (Å²) in [5.41, 5.74) is 2.74. The Morgan fingerprint density at radius 1 is 1.39 bits per heavy atom. The molecular weight excluding hydrogens is 288 g/mol. The van der Waals surface area contributed by atoms with E-state index in [1.165, 1.54) is 29.3 Å². The predicted molar refractivity (Wildman–Crippen MR) is 79.9 cm³/mol. The predicted octanol–water partition coefficient (Wildman–Crippen LogP) is 4.24. The Labute approximate surface area is 116 Å². The number of nitrogens with zero attached hydrogens (tertiary/aromatic N) is 1. The maximum Gasteiger partial charge on any atom is 0.0497 e. The van der Waals surface area contributed by atoms with Crippen LogP contribution < -0.4 is 5.32 Å². The van der Waals surface area contributed by atoms with E-state index in [0.717, 1.165) is 17.1 Å². The minimum absolute atomic E-state index is 0.497. The van der Waals surface area contributed by atoms with E-state index in [-0.39, 0.29) is 0 Å². The summed E-state index contributed by atoms with van der Waals surface area (Å²) in [6.45, 7) is 5.46. The van der Waals surface area contributed by atoms with Gasteiger partial charge in [0.15, 0.2) is 0 Å². The van der Waals surface area contributed by atoms with Crippen molar-refractivity contribution in [2.75, 3.05) is 0 Å². The maximum atomic E-state index is 3.61. The monoisotopic (exact) mass is 306 g/mol. The molecule has 1 N–H and O–H groups in total. The van der Waals surface area contributed by atoms with Crippen molar-refractivity contribution in [3.05, 3.63) is 34.4 Å². The van der Waals surface area contributed by atoms with E-state index in [1.807, 2.05) is 0 Å². The third-order valence-electron chi connectivity index (χ3n) is 3.59. The molecule has 0 radical (unpaired) electrons. The van der Waals surface area contributed by atoms with Crippen LogP contribution in [0.5, 0.6) is 0 Å². The van der Waals surface area contributed by atoms with Crippen molar-refractivity contribution in [2.45, 2.75) is 45.3 Å². The van der Waals surface area contributed by atoms with Crippen molar-refractivity contribution in [1.29, 1.82) is 0 Å². The highest BCUT2D eigenvalue weighted by atomic mass is 79.9. The molecule has 1 saturated carbocycles. The van der Waals surface area contributed by atoms with Gasteiger partial charge in [0.1, 0.15) is 0 Å². The zero-order valence-electron chi connectivity index (χ0n) is 10.9. The third-order valence-corrected chi connectivity index (χ3v) is 4.09. The average molecular weight is 307 g/mol. The fourth-order valence-corrected chi connectivity index (χ4v) is 2.76. The van der Waals surface area contributed by atoms with Gasteiger partial charge in [-0.05, 0) is 44.4 Å². The molecule has 2 nitrogen and oxygen atoms in total. The zero-order chi connectivity index (χ0) is 12.7. The number of hydrogen-bond donors (Lipinski definition) is 1. The molecular formula is C15H19BrN2. The van der Waals surface area contributed by atoms with Crippen LogP contribution in [0, 0.1) is 0 Å². The van der Waals surface area contributed by atoms with Crippen LogP contribution in [-0.2, 0) is 6.54 Å². The molecule has 0 bridgehead atoms. The van der Waals surface area contributed by atoms with Gasteiger partial charge < -0.3 is 9.88 Å². The van der Waals surface area contributed by atoms with Crippen molar-refractivity contribution in [3.8, 4) is 0 Å². The highest BCUT2D eigenvalue weighted by Gasteiger charge is 2.21. The summed E-state index contributed by atoms with van der Waals surface area (Å²) >= 11 is 3.57. The molecule has 0 aliphatic heterocycles. The average Bonchev–Trinajstić information content (AvgIpc) is 3.08. The number of nitrogens with one attached hydrogen (secondary N) is 1. The first-order chi connectivity index (χ1) is 8.65. The summed E-state index contributed by atoms with van der Waals surface area (Å²) in [7, 11) is 0. The normalized spacial score (nSPS) is 15.8. The summed E-state index contributed by atoms with van der Waals surface area (Å²) in [6.07, 6.45) is 4.99. The van der Waals surface area contributed by atoms with Gasteiger partial charge in [0.05, 0.1) is 0 Å². The second kappa shape index (κ2) is 4.71. The fourth-order valence-electron chi connectivity index (χ4n) is 2.41. The van der Waals surface area contributed by atoms with E-state index in [9.17, 15) is 0 Å². The van der Waals surface area contributed by atoms with Crippen LogP contribution in [0.1, 0.15) is 38.3 Å². The topological polar surface area (TPSA) is 17.0 Å². The molecule has 0 unspecified atom stereocenters. The Bertz CT molecular complexity index is 567. The number of fused-ring (bicyclic) bond motifs is 1. The number of hydrogen-bond acceptors (Lipinski definition) is 1. The van der Waals surface area contributed by atoms with Gasteiger partial charge in [-0.1, -0.05) is 22.0 Å². The molecule has 1 aliphatic carbocycles. The first-order valence-electron chi connectivity index (χ1n) is 6.67. The van der Waals surface area contributed by atoms with Gasteiger partial charge in [-0.2, -0.15) is 0 Å². The van der Waals surface area contributed by atoms with Crippen LogP contribution in [0.2, 0.25) is 0 Å². The smallest absolute Gasteiger partial charge is 0.0497 e. The van der Waals surface area contributed by atoms with Gasteiger partial charge >= 0.3 is 0 Å². The van der Waals surface area contributed by atoms with Gasteiger partial charge in [-0.25, -0.2) is 0 Å². The zero-order valence-corrected chi connectivity index (χ0v) is 12.5. The molecule has 1 aromatic carbocycles. The molecule has 1 aliphatic rings. The molecule has 3 heteroatoms. The minimum Gasteiger partial charge on any atom is -0.345 e. The van der Waals surface area contributed by atoms with E-state index < -0.39 is 0 Å². The van der Waals surface area contributed by atoms with E-state index >= 15 is 0 Å². The second-order valence-corrected chi connectivity index (χ2v) is 6.39. The number of aromatic nitrogens is 1. The Morgan fingerprint density at radius 2 is 2.17 bits per heavy atom. The van der Waals surface area contributed by atoms with Crippen LogP contribution in [-0.4, -0.2) is 10.6 Å². The minimum atomic E-state index is 0.497. The van der Waals surface area contributed by atoms with Gasteiger partial charge in [0.25, 0.3) is 0 Å². The first kappa shape index (κ1) is 12.2. The molecule has 3 rings (SSSR count). The summed E-state index contributed by atoms with van der Waals surface area (Å²) in [4.78, 5) is 0. The van der Waals surface area contributed by atoms with Gasteiger partial charge in [-0.15, -0.1) is 0 Å². The highest BCUT2D eigenvalue weighted by Crippen LogP contribution is 2.28. The third kappa shape index (κ3) is 2.34. The molecule has 0 saturated heterocycles. The lowest BCUT2D eigenvalue weighted by Crippen LogP contribution is -2.14. The lowest BCUT2D eigenvalue weighted by Gasteiger charge is -2.08. The van der Waals surface area contributed by atoms with Crippen LogP contribution >= 0.6 is 15.9 Å². The molecule has 96 valence electrons. The SMILES string of the molecule is CC(C)n1cc(CNC2CC2)c2ccc(Br)cc21. The fraction of sp³-hybridized carbons (Fsp3) is 0.467. The van der Waals surface area contributed by atoms with Crippen molar-refractivity contribution in [3.63, 3.8) is 0 Å². The van der Waals surface area contributed by atoms with Crippen molar-refractivity contribution in [2.24, 2.45) is 0 Å². The van der Waals surface area contributed by atoms with Crippen LogP contribution in [0.25, 0.3) is 10.9 Å². The summed E-state index contributed by atoms with van der Waals surface area (Å²) in [6, 6.07) is 7.83. The molecule has 2 aromatic rings. The second-order valence-electron chi connectivity index (χ2n) is 5.47. The van der Waals surface area contributed by atoms with E-state index in [2.05, 4.69) is 64.1 Å². The number of benzene rings is 1. The largest absolute Gasteiger partial charge is 0.345 e. The van der Waals surface area contributed by atoms with Gasteiger partial charge in [0.2, 0.25) is 0 Å². The molecule has 1 fully saturated rings. The quantitative estimate of drug-likeness (QED) is 0.894. The van der Waals surface area contributed by atoms with E-state index in [1.54, 1.807) is 0 Å². The Morgan fingerprint density at radius 3 is 2.83 bits per heavy atom. The first-order valence-corrected chi connectivity index (χ1v) is 7.47. The Hall–Kier alpha value is -0.800. The molecule has 18 heavy (non-hydrogen) atoms. The molecule has 1 heterocycles. The van der Waals surface area contributed by atoms with Gasteiger partial charge in [-0.3, -0.25) is 0 Å². The Kier molecular flexibility index (Phi) is 3.20. The number of halogens is 1. The van der Waals surface area contributed by atoms with Crippen LogP contribution in [0.15, 0.2) is 28.9 Å². The van der Waals surface area contributed by atoms with Gasteiger partial charge in [0, 0.05) is 40.2 Å². The molecule has 0 atom stereocenters. The summed E-state index contributed by atoms with van der Waals surface area (Å²) < 4.78 is 3.51. The molecule has 0 spiro atoms. The van der Waals surface area contributed by atoms with E-state index in [4.69, 9.17) is 0 Å². The van der Waals surface area contributed by atoms with Crippen molar-refractivity contribution < 1.29 is 0 Å². The molecule has 0 amide bonds. The maximum absolute atomic E-state index is 3.61. The highest BCUT2D eigenvalue weighted by molar-refractivity contribution is 9.10. The standard InChI is InChI=1S/C15H19BrN2/c1-10(2)18-9-11(8-17-13-4-5-13)14-6-3-12(16)7-15(14)18/h3,6-7,9-10,13,17H,4-5,8H2,1-2H3. The molecule has 1 aromatic heterocycles. The lowest BCUT2D eigenvalue weighted by atomic mass is 10.2. The van der Waals surface area contributed by atoms with Crippen LogP contribution in [0.4, 0.5) is 0 Å². The summed E-state index contributed by atoms with van der Waals surface area (Å²) in [5, 5.41) is 4.98. The van der Waals surface area contributed by atoms with Crippen molar-refractivity contribution in [1.82, 2.24) is 9.88 Å².